The summed E-state index contributed by atoms with van der Waals surface area (Å²) >= 11 is 0. The summed E-state index contributed by atoms with van der Waals surface area (Å²) in [5, 5.41) is 11.7. The number of guanidine groups is 1. The maximum Gasteiger partial charge on any atom is 0.416 e. The molecule has 1 heterocycles. The van der Waals surface area contributed by atoms with Crippen LogP contribution in [0.25, 0.3) is 0 Å². The molecule has 3 aromatic rings. The van der Waals surface area contributed by atoms with Crippen LogP contribution < -0.4 is 11.1 Å². The van der Waals surface area contributed by atoms with Crippen molar-refractivity contribution >= 4 is 23.9 Å². The number of benzene rings is 3. The van der Waals surface area contributed by atoms with Crippen LogP contribution in [-0.2, 0) is 26.3 Å². The van der Waals surface area contributed by atoms with Crippen molar-refractivity contribution in [1.82, 2.24) is 15.1 Å². The number of carbonyl (C=O) groups excluding carboxylic acids is 3. The van der Waals surface area contributed by atoms with Crippen LogP contribution in [0.15, 0.2) is 91.0 Å². The predicted molar refractivity (Wildman–Crippen MR) is 152 cm³/mol. The second-order valence-electron chi connectivity index (χ2n) is 9.60. The highest BCUT2D eigenvalue weighted by molar-refractivity contribution is 6.10. The van der Waals surface area contributed by atoms with Crippen LogP contribution >= 0.6 is 0 Å². The Balaban J connectivity index is 1.43. The number of imide groups is 1. The van der Waals surface area contributed by atoms with Crippen molar-refractivity contribution in [2.45, 2.75) is 37.8 Å². The lowest BCUT2D eigenvalue weighted by Gasteiger charge is -2.28. The highest BCUT2D eigenvalue weighted by Gasteiger charge is 2.51. The van der Waals surface area contributed by atoms with Crippen molar-refractivity contribution in [3.05, 3.63) is 108 Å². The molecule has 4 N–H and O–H groups in total. The number of nitrogens with one attached hydrogen (secondary N) is 2. The molecule has 40 heavy (non-hydrogen) atoms. The van der Waals surface area contributed by atoms with Crippen LogP contribution in [0.1, 0.15) is 36.5 Å². The second kappa shape index (κ2) is 13.0. The van der Waals surface area contributed by atoms with Crippen LogP contribution in [-0.4, -0.2) is 59.4 Å². The van der Waals surface area contributed by atoms with Crippen LogP contribution in [0.2, 0.25) is 0 Å². The summed E-state index contributed by atoms with van der Waals surface area (Å²) in [5.74, 6) is -0.764. The van der Waals surface area contributed by atoms with E-state index in [0.717, 1.165) is 21.6 Å². The fourth-order valence-electron chi connectivity index (χ4n) is 4.94. The zero-order valence-electron chi connectivity index (χ0n) is 22.6. The minimum absolute atomic E-state index is 0.000847. The molecule has 1 aliphatic heterocycles. The Morgan fingerprint density at radius 2 is 1.50 bits per heavy atom. The lowest BCUT2D eigenvalue weighted by Crippen LogP contribution is -2.48. The summed E-state index contributed by atoms with van der Waals surface area (Å²) in [5.41, 5.74) is 7.34. The first-order valence-electron chi connectivity index (χ1n) is 13.5. The molecule has 0 saturated carbocycles. The van der Waals surface area contributed by atoms with E-state index in [9.17, 15) is 14.4 Å². The van der Waals surface area contributed by atoms with E-state index in [-0.39, 0.29) is 31.6 Å². The highest BCUT2D eigenvalue weighted by Crippen LogP contribution is 2.35. The Bertz CT molecular complexity index is 1280. The Morgan fingerprint density at radius 1 is 0.950 bits per heavy atom. The Morgan fingerprint density at radius 3 is 2.05 bits per heavy atom. The summed E-state index contributed by atoms with van der Waals surface area (Å²) in [6.07, 6.45) is 0.410. The van der Waals surface area contributed by atoms with Gasteiger partial charge in [0.05, 0.1) is 12.6 Å². The average molecular weight is 542 g/mol. The molecule has 4 rings (SSSR count). The van der Waals surface area contributed by atoms with Crippen molar-refractivity contribution in [3.8, 4) is 0 Å². The summed E-state index contributed by atoms with van der Waals surface area (Å²) < 4.78 is 5.12. The highest BCUT2D eigenvalue weighted by atomic mass is 16.6. The van der Waals surface area contributed by atoms with Gasteiger partial charge in [-0.3, -0.25) is 19.9 Å². The quantitative estimate of drug-likeness (QED) is 0.318. The smallest absolute Gasteiger partial charge is 0.416 e. The maximum absolute atomic E-state index is 13.9. The number of amides is 3. The van der Waals surface area contributed by atoms with Crippen molar-refractivity contribution < 1.29 is 19.1 Å². The van der Waals surface area contributed by atoms with Crippen molar-refractivity contribution in [2.75, 3.05) is 19.7 Å². The molecule has 0 spiro atoms. The van der Waals surface area contributed by atoms with Gasteiger partial charge in [-0.15, -0.1) is 0 Å². The molecule has 0 radical (unpaired) electrons. The number of rotatable bonds is 11. The molecule has 0 bridgehead atoms. The van der Waals surface area contributed by atoms with E-state index >= 15 is 0 Å². The number of carbonyl (C=O) groups is 3. The SMILES string of the molecule is CCOC(=O)N(CCCCN1C(=N)NC(c2ccccc2)(c2ccccc2)C1=O)C(=O)[C@@H](N)Cc1ccccc1. The summed E-state index contributed by atoms with van der Waals surface area (Å²) in [6.45, 7) is 2.13. The third-order valence-corrected chi connectivity index (χ3v) is 6.94. The minimum Gasteiger partial charge on any atom is -0.449 e. The molecule has 3 aromatic carbocycles. The van der Waals surface area contributed by atoms with Crippen LogP contribution in [0.3, 0.4) is 0 Å². The summed E-state index contributed by atoms with van der Waals surface area (Å²) in [7, 11) is 0. The number of ether oxygens (including phenoxy) is 1. The molecule has 208 valence electrons. The summed E-state index contributed by atoms with van der Waals surface area (Å²) in [4.78, 5) is 42.1. The Labute approximate surface area is 234 Å². The Hall–Kier alpha value is -4.50. The maximum atomic E-state index is 13.9. The Kier molecular flexibility index (Phi) is 9.29. The van der Waals surface area contributed by atoms with Crippen LogP contribution in [0.4, 0.5) is 4.79 Å². The first kappa shape index (κ1) is 28.5. The first-order chi connectivity index (χ1) is 19.4. The lowest BCUT2D eigenvalue weighted by atomic mass is 9.82. The van der Waals surface area contributed by atoms with Crippen molar-refractivity contribution in [3.63, 3.8) is 0 Å². The molecule has 0 aliphatic carbocycles. The number of unbranched alkanes of at least 4 members (excludes halogenated alkanes) is 1. The second-order valence-corrected chi connectivity index (χ2v) is 9.60. The average Bonchev–Trinajstić information content (AvgIpc) is 3.24. The zero-order valence-corrected chi connectivity index (χ0v) is 22.6. The minimum atomic E-state index is -1.21. The third-order valence-electron chi connectivity index (χ3n) is 6.94. The normalized spacial score (nSPS) is 14.9. The van der Waals surface area contributed by atoms with Gasteiger partial charge in [0.2, 0.25) is 5.91 Å². The van der Waals surface area contributed by atoms with Gasteiger partial charge in [-0.25, -0.2) is 9.69 Å². The lowest BCUT2D eigenvalue weighted by molar-refractivity contribution is -0.131. The van der Waals surface area contributed by atoms with Crippen molar-refractivity contribution in [1.29, 1.82) is 5.41 Å². The van der Waals surface area contributed by atoms with Gasteiger partial charge in [0.25, 0.3) is 5.91 Å². The monoisotopic (exact) mass is 541 g/mol. The molecule has 1 atom stereocenters. The molecule has 1 aliphatic rings. The van der Waals surface area contributed by atoms with Gasteiger partial charge in [-0.05, 0) is 42.9 Å². The van der Waals surface area contributed by atoms with E-state index in [1.54, 1.807) is 6.92 Å². The fourth-order valence-corrected chi connectivity index (χ4v) is 4.94. The van der Waals surface area contributed by atoms with E-state index in [1.807, 2.05) is 91.0 Å². The van der Waals surface area contributed by atoms with Gasteiger partial charge in [-0.1, -0.05) is 91.0 Å². The molecular weight excluding hydrogens is 506 g/mol. The molecule has 9 heteroatoms. The van der Waals surface area contributed by atoms with Gasteiger partial charge < -0.3 is 15.8 Å². The van der Waals surface area contributed by atoms with Gasteiger partial charge in [0.15, 0.2) is 11.5 Å². The van der Waals surface area contributed by atoms with E-state index in [4.69, 9.17) is 15.9 Å². The van der Waals surface area contributed by atoms with E-state index in [0.29, 0.717) is 19.3 Å². The molecular formula is C31H35N5O4. The standard InChI is InChI=1S/C31H35N5O4/c1-2-40-30(39)35(27(37)26(32)22-23-14-6-3-7-15-23)20-12-13-21-36-28(38)31(34-29(36)33,24-16-8-4-9-17-24)25-18-10-5-11-19-25/h3-11,14-19,26H,2,12-13,20-22,32H2,1H3,(H2,33,34)/t26-/m0/s1. The topological polar surface area (TPSA) is 129 Å². The van der Waals surface area contributed by atoms with E-state index in [1.165, 1.54) is 4.90 Å². The molecule has 0 unspecified atom stereocenters. The largest absolute Gasteiger partial charge is 0.449 e. The third kappa shape index (κ3) is 6.05. The molecule has 0 aromatic heterocycles. The summed E-state index contributed by atoms with van der Waals surface area (Å²) in [6, 6.07) is 27.2. The van der Waals surface area contributed by atoms with Gasteiger partial charge >= 0.3 is 6.09 Å². The van der Waals surface area contributed by atoms with Gasteiger partial charge in [0.1, 0.15) is 0 Å². The zero-order chi connectivity index (χ0) is 28.5. The molecule has 9 nitrogen and oxygen atoms in total. The molecule has 1 saturated heterocycles. The van der Waals surface area contributed by atoms with E-state index < -0.39 is 23.6 Å². The van der Waals surface area contributed by atoms with Gasteiger partial charge in [-0.2, -0.15) is 0 Å². The number of hydrogen-bond acceptors (Lipinski definition) is 6. The molecule has 3 amide bonds. The van der Waals surface area contributed by atoms with E-state index in [2.05, 4.69) is 5.32 Å². The molecule has 1 fully saturated rings. The van der Waals surface area contributed by atoms with Crippen molar-refractivity contribution in [2.24, 2.45) is 5.73 Å². The van der Waals surface area contributed by atoms with Crippen LogP contribution in [0, 0.1) is 5.41 Å². The number of nitrogens with zero attached hydrogens (tertiary/aromatic N) is 2. The fraction of sp³-hybridized carbons (Fsp3) is 0.290. The number of hydrogen-bond donors (Lipinski definition) is 3. The number of nitrogens with two attached hydrogens (primary N) is 1. The first-order valence-corrected chi connectivity index (χ1v) is 13.5. The van der Waals surface area contributed by atoms with Crippen LogP contribution in [0.5, 0.6) is 0 Å². The predicted octanol–water partition coefficient (Wildman–Crippen LogP) is 3.63. The van der Waals surface area contributed by atoms with Gasteiger partial charge in [0, 0.05) is 13.1 Å².